The fraction of sp³-hybridized carbons (Fsp3) is 0.389. The van der Waals surface area contributed by atoms with Crippen LogP contribution in [0.5, 0.6) is 5.75 Å². The Bertz CT molecular complexity index is 688. The maximum Gasteiger partial charge on any atom is 0.235 e. The van der Waals surface area contributed by atoms with Crippen molar-refractivity contribution in [3.63, 3.8) is 0 Å². The molecule has 0 saturated carbocycles. The Kier molecular flexibility index (Phi) is 5.75. The molecule has 7 heteroatoms. The van der Waals surface area contributed by atoms with Gasteiger partial charge in [0.1, 0.15) is 5.75 Å². The van der Waals surface area contributed by atoms with Crippen molar-refractivity contribution >= 4 is 23.6 Å². The first kappa shape index (κ1) is 17.5. The topological polar surface area (TPSA) is 58.6 Å². The van der Waals surface area contributed by atoms with Crippen LogP contribution in [0, 0.1) is 0 Å². The minimum Gasteiger partial charge on any atom is -0.497 e. The van der Waals surface area contributed by atoms with Gasteiger partial charge in [-0.3, -0.25) is 4.79 Å². The zero-order valence-corrected chi connectivity index (χ0v) is 15.3. The highest BCUT2D eigenvalue weighted by atomic mass is 32.2. The van der Waals surface area contributed by atoms with Gasteiger partial charge in [0.15, 0.2) is 0 Å². The molecule has 25 heavy (non-hydrogen) atoms. The third-order valence-electron chi connectivity index (χ3n) is 4.15. The van der Waals surface area contributed by atoms with E-state index in [0.29, 0.717) is 13.1 Å². The van der Waals surface area contributed by atoms with Gasteiger partial charge in [-0.15, -0.1) is 11.8 Å². The number of ether oxygens (including phenoxy) is 1. The molecule has 2 heterocycles. The van der Waals surface area contributed by atoms with Crippen LogP contribution < -0.4 is 9.64 Å². The van der Waals surface area contributed by atoms with Crippen molar-refractivity contribution in [3.8, 4) is 5.75 Å². The molecule has 0 radical (unpaired) electrons. The summed E-state index contributed by atoms with van der Waals surface area (Å²) in [6.45, 7) is 4.88. The summed E-state index contributed by atoms with van der Waals surface area (Å²) in [7, 11) is 1.65. The summed E-state index contributed by atoms with van der Waals surface area (Å²) < 4.78 is 5.16. The van der Waals surface area contributed by atoms with Crippen molar-refractivity contribution in [2.24, 2.45) is 0 Å². The number of anilines is 1. The van der Waals surface area contributed by atoms with Crippen LogP contribution in [0.3, 0.4) is 0 Å². The maximum atomic E-state index is 12.7. The Balaban J connectivity index is 1.52. The molecule has 1 aliphatic heterocycles. The highest BCUT2D eigenvalue weighted by Gasteiger charge is 2.26. The molecule has 1 aromatic heterocycles. The van der Waals surface area contributed by atoms with Gasteiger partial charge in [0.2, 0.25) is 11.9 Å². The van der Waals surface area contributed by atoms with Crippen LogP contribution in [-0.4, -0.2) is 59.3 Å². The molecule has 1 saturated heterocycles. The van der Waals surface area contributed by atoms with E-state index in [-0.39, 0.29) is 11.2 Å². The number of carbonyl (C=O) groups is 1. The van der Waals surface area contributed by atoms with E-state index in [0.717, 1.165) is 29.7 Å². The third kappa shape index (κ3) is 4.42. The Labute approximate surface area is 152 Å². The second-order valence-corrected chi connectivity index (χ2v) is 7.21. The quantitative estimate of drug-likeness (QED) is 0.765. The zero-order chi connectivity index (χ0) is 17.6. The van der Waals surface area contributed by atoms with E-state index in [9.17, 15) is 4.79 Å². The molecule has 2 aromatic rings. The lowest BCUT2D eigenvalue weighted by Crippen LogP contribution is -2.51. The maximum absolute atomic E-state index is 12.7. The normalized spacial score (nSPS) is 15.8. The Hall–Kier alpha value is -2.28. The third-order valence-corrected chi connectivity index (χ3v) is 5.25. The summed E-state index contributed by atoms with van der Waals surface area (Å²) in [5.74, 6) is 1.73. The second kappa shape index (κ2) is 8.20. The average Bonchev–Trinajstić information content (AvgIpc) is 2.69. The number of aromatic nitrogens is 2. The standard InChI is InChI=1S/C18H22N4O2S/c1-14(25-16-6-4-15(24-2)5-7-16)17(23)21-10-12-22(13-11-21)18-19-8-3-9-20-18/h3-9,14H,10-13H2,1-2H3. The first-order valence-corrected chi connectivity index (χ1v) is 9.17. The average molecular weight is 358 g/mol. The number of amides is 1. The lowest BCUT2D eigenvalue weighted by Gasteiger charge is -2.35. The van der Waals surface area contributed by atoms with E-state index < -0.39 is 0 Å². The van der Waals surface area contributed by atoms with Gasteiger partial charge in [-0.2, -0.15) is 0 Å². The van der Waals surface area contributed by atoms with Gasteiger partial charge in [-0.05, 0) is 37.3 Å². The summed E-state index contributed by atoms with van der Waals surface area (Å²) in [5.41, 5.74) is 0. The van der Waals surface area contributed by atoms with Gasteiger partial charge in [0.25, 0.3) is 0 Å². The number of carbonyl (C=O) groups excluding carboxylic acids is 1. The number of piperazine rings is 1. The smallest absolute Gasteiger partial charge is 0.235 e. The van der Waals surface area contributed by atoms with Crippen LogP contribution in [0.4, 0.5) is 5.95 Å². The molecule has 132 valence electrons. The van der Waals surface area contributed by atoms with Crippen molar-refractivity contribution in [2.75, 3.05) is 38.2 Å². The fourth-order valence-electron chi connectivity index (χ4n) is 2.75. The van der Waals surface area contributed by atoms with Gasteiger partial charge in [-0.1, -0.05) is 0 Å². The molecule has 6 nitrogen and oxygen atoms in total. The number of thioether (sulfide) groups is 1. The molecule has 0 bridgehead atoms. The molecular formula is C18H22N4O2S. The van der Waals surface area contributed by atoms with E-state index in [4.69, 9.17) is 4.74 Å². The molecule has 1 amide bonds. The predicted molar refractivity (Wildman–Crippen MR) is 99.1 cm³/mol. The Morgan fingerprint density at radius 1 is 1.12 bits per heavy atom. The molecule has 1 fully saturated rings. The fourth-order valence-corrected chi connectivity index (χ4v) is 3.70. The molecule has 1 atom stereocenters. The summed E-state index contributed by atoms with van der Waals surface area (Å²) in [4.78, 5) is 26.4. The number of hydrogen-bond acceptors (Lipinski definition) is 6. The Morgan fingerprint density at radius 2 is 1.76 bits per heavy atom. The van der Waals surface area contributed by atoms with E-state index >= 15 is 0 Å². The molecule has 0 aliphatic carbocycles. The Morgan fingerprint density at radius 3 is 2.36 bits per heavy atom. The van der Waals surface area contributed by atoms with E-state index in [1.165, 1.54) is 0 Å². The number of nitrogens with zero attached hydrogens (tertiary/aromatic N) is 4. The molecule has 1 unspecified atom stereocenters. The van der Waals surface area contributed by atoms with Crippen LogP contribution in [0.15, 0.2) is 47.6 Å². The van der Waals surface area contributed by atoms with Gasteiger partial charge < -0.3 is 14.5 Å². The monoisotopic (exact) mass is 358 g/mol. The van der Waals surface area contributed by atoms with Crippen molar-refractivity contribution < 1.29 is 9.53 Å². The van der Waals surface area contributed by atoms with Crippen molar-refractivity contribution in [3.05, 3.63) is 42.7 Å². The number of hydrogen-bond donors (Lipinski definition) is 0. The lowest BCUT2D eigenvalue weighted by atomic mass is 10.3. The van der Waals surface area contributed by atoms with E-state index in [1.54, 1.807) is 37.3 Å². The summed E-state index contributed by atoms with van der Waals surface area (Å²) in [6.07, 6.45) is 3.49. The van der Waals surface area contributed by atoms with Crippen molar-refractivity contribution in [1.29, 1.82) is 0 Å². The van der Waals surface area contributed by atoms with E-state index in [2.05, 4.69) is 14.9 Å². The summed E-state index contributed by atoms with van der Waals surface area (Å²) >= 11 is 1.58. The van der Waals surface area contributed by atoms with Gasteiger partial charge in [0.05, 0.1) is 12.4 Å². The molecule has 0 spiro atoms. The summed E-state index contributed by atoms with van der Waals surface area (Å²) in [6, 6.07) is 9.60. The van der Waals surface area contributed by atoms with Crippen LogP contribution in [0.25, 0.3) is 0 Å². The van der Waals surface area contributed by atoms with Crippen LogP contribution in [0.1, 0.15) is 6.92 Å². The lowest BCUT2D eigenvalue weighted by molar-refractivity contribution is -0.130. The van der Waals surface area contributed by atoms with Crippen LogP contribution >= 0.6 is 11.8 Å². The van der Waals surface area contributed by atoms with E-state index in [1.807, 2.05) is 36.1 Å². The highest BCUT2D eigenvalue weighted by Crippen LogP contribution is 2.26. The summed E-state index contributed by atoms with van der Waals surface area (Å²) in [5, 5.41) is -0.118. The van der Waals surface area contributed by atoms with Crippen LogP contribution in [0.2, 0.25) is 0 Å². The molecular weight excluding hydrogens is 336 g/mol. The van der Waals surface area contributed by atoms with Gasteiger partial charge in [-0.25, -0.2) is 9.97 Å². The van der Waals surface area contributed by atoms with Gasteiger partial charge in [0, 0.05) is 43.5 Å². The number of rotatable bonds is 5. The predicted octanol–water partition coefficient (Wildman–Crippen LogP) is 2.31. The van der Waals surface area contributed by atoms with Crippen LogP contribution in [-0.2, 0) is 4.79 Å². The molecule has 0 N–H and O–H groups in total. The minimum atomic E-state index is -0.118. The zero-order valence-electron chi connectivity index (χ0n) is 14.5. The molecule has 1 aliphatic rings. The first-order chi connectivity index (χ1) is 12.2. The number of methoxy groups -OCH3 is 1. The highest BCUT2D eigenvalue weighted by molar-refractivity contribution is 8.00. The van der Waals surface area contributed by atoms with Gasteiger partial charge >= 0.3 is 0 Å². The number of benzene rings is 1. The largest absolute Gasteiger partial charge is 0.497 e. The van der Waals surface area contributed by atoms with Crippen molar-refractivity contribution in [1.82, 2.24) is 14.9 Å². The molecule has 1 aromatic carbocycles. The molecule has 3 rings (SSSR count). The minimum absolute atomic E-state index is 0.118. The second-order valence-electron chi connectivity index (χ2n) is 5.80. The SMILES string of the molecule is COc1ccc(SC(C)C(=O)N2CCN(c3ncccn3)CC2)cc1. The van der Waals surface area contributed by atoms with Crippen molar-refractivity contribution in [2.45, 2.75) is 17.1 Å². The first-order valence-electron chi connectivity index (χ1n) is 8.29.